The third-order valence-electron chi connectivity index (χ3n) is 4.11. The molecule has 0 aromatic heterocycles. The molecule has 0 heterocycles. The van der Waals surface area contributed by atoms with Gasteiger partial charge in [-0.3, -0.25) is 4.79 Å². The lowest BCUT2D eigenvalue weighted by molar-refractivity contribution is -0.134. The molecule has 1 aliphatic rings. The quantitative estimate of drug-likeness (QED) is 0.903. The Labute approximate surface area is 115 Å². The van der Waals surface area contributed by atoms with Crippen LogP contribution in [-0.4, -0.2) is 23.9 Å². The zero-order valence-electron chi connectivity index (χ0n) is 11.9. The molecule has 0 spiro atoms. The molecule has 0 aliphatic heterocycles. The minimum Gasteiger partial charge on any atom is -0.341 e. The number of nitrogens with zero attached hydrogens (tertiary/aromatic N) is 1. The summed E-state index contributed by atoms with van der Waals surface area (Å²) in [5.74, 6) is 0.226. The van der Waals surface area contributed by atoms with E-state index in [2.05, 4.69) is 31.2 Å². The van der Waals surface area contributed by atoms with Crippen molar-refractivity contribution in [2.45, 2.75) is 45.2 Å². The van der Waals surface area contributed by atoms with E-state index in [-0.39, 0.29) is 17.9 Å². The van der Waals surface area contributed by atoms with Crippen molar-refractivity contribution in [1.82, 2.24) is 4.90 Å². The topological polar surface area (TPSA) is 46.3 Å². The Morgan fingerprint density at radius 2 is 1.89 bits per heavy atom. The molecule has 1 aromatic carbocycles. The molecule has 2 atom stereocenters. The number of carbonyl (C=O) groups excluding carboxylic acids is 1. The van der Waals surface area contributed by atoms with Crippen LogP contribution in [0, 0.1) is 5.92 Å². The van der Waals surface area contributed by atoms with Gasteiger partial charge in [-0.25, -0.2) is 0 Å². The summed E-state index contributed by atoms with van der Waals surface area (Å²) in [6.45, 7) is 2.82. The van der Waals surface area contributed by atoms with E-state index in [4.69, 9.17) is 5.73 Å². The number of amides is 1. The number of rotatable bonds is 4. The van der Waals surface area contributed by atoms with Gasteiger partial charge in [-0.2, -0.15) is 0 Å². The summed E-state index contributed by atoms with van der Waals surface area (Å²) < 4.78 is 0. The molecule has 1 saturated carbocycles. The average Bonchev–Trinajstić information content (AvgIpc) is 2.85. The van der Waals surface area contributed by atoms with Crippen LogP contribution in [0.3, 0.4) is 0 Å². The number of hydrogen-bond donors (Lipinski definition) is 1. The normalized spacial score (nSPS) is 22.5. The van der Waals surface area contributed by atoms with Crippen LogP contribution in [0.4, 0.5) is 0 Å². The average molecular weight is 260 g/mol. The predicted molar refractivity (Wildman–Crippen MR) is 77.6 cm³/mol. The van der Waals surface area contributed by atoms with Crippen LogP contribution < -0.4 is 5.73 Å². The van der Waals surface area contributed by atoms with Crippen LogP contribution in [0.25, 0.3) is 0 Å². The van der Waals surface area contributed by atoms with Crippen molar-refractivity contribution in [1.29, 1.82) is 0 Å². The minimum atomic E-state index is 0.0277. The van der Waals surface area contributed by atoms with Gasteiger partial charge < -0.3 is 10.6 Å². The zero-order valence-corrected chi connectivity index (χ0v) is 11.9. The highest BCUT2D eigenvalue weighted by atomic mass is 16.2. The van der Waals surface area contributed by atoms with E-state index in [0.29, 0.717) is 6.54 Å². The fourth-order valence-electron chi connectivity index (χ4n) is 2.81. The van der Waals surface area contributed by atoms with Gasteiger partial charge >= 0.3 is 0 Å². The third kappa shape index (κ3) is 3.35. The molecule has 0 bridgehead atoms. The number of benzene rings is 1. The van der Waals surface area contributed by atoms with Crippen molar-refractivity contribution in [2.75, 3.05) is 7.05 Å². The van der Waals surface area contributed by atoms with Crippen molar-refractivity contribution in [2.24, 2.45) is 11.7 Å². The highest BCUT2D eigenvalue weighted by molar-refractivity contribution is 5.79. The molecule has 2 unspecified atom stereocenters. The van der Waals surface area contributed by atoms with Gasteiger partial charge in [0.2, 0.25) is 5.91 Å². The molecule has 1 aliphatic carbocycles. The van der Waals surface area contributed by atoms with Crippen molar-refractivity contribution < 1.29 is 4.79 Å². The van der Waals surface area contributed by atoms with Gasteiger partial charge in [-0.05, 0) is 30.4 Å². The van der Waals surface area contributed by atoms with Crippen LogP contribution in [0.2, 0.25) is 0 Å². The van der Waals surface area contributed by atoms with Gasteiger partial charge in [0.05, 0.1) is 5.92 Å². The number of nitrogens with two attached hydrogens (primary N) is 1. The Hall–Kier alpha value is -1.35. The zero-order chi connectivity index (χ0) is 13.8. The Morgan fingerprint density at radius 3 is 2.42 bits per heavy atom. The SMILES string of the molecule is CCc1ccc(CN(C)C(=O)C2CCCC2N)cc1. The van der Waals surface area contributed by atoms with Gasteiger partial charge in [0.1, 0.15) is 0 Å². The van der Waals surface area contributed by atoms with Crippen molar-refractivity contribution in [3.05, 3.63) is 35.4 Å². The van der Waals surface area contributed by atoms with E-state index >= 15 is 0 Å². The van der Waals surface area contributed by atoms with Crippen molar-refractivity contribution >= 4 is 5.91 Å². The van der Waals surface area contributed by atoms with Gasteiger partial charge in [-0.1, -0.05) is 37.6 Å². The number of carbonyl (C=O) groups is 1. The first-order valence-electron chi connectivity index (χ1n) is 7.20. The summed E-state index contributed by atoms with van der Waals surface area (Å²) in [6.07, 6.45) is 4.05. The molecule has 1 amide bonds. The molecule has 1 aromatic rings. The Balaban J connectivity index is 1.95. The molecule has 3 heteroatoms. The van der Waals surface area contributed by atoms with Gasteiger partial charge in [0.15, 0.2) is 0 Å². The number of aryl methyl sites for hydroxylation is 1. The maximum absolute atomic E-state index is 12.3. The van der Waals surface area contributed by atoms with E-state index in [1.54, 1.807) is 0 Å². The minimum absolute atomic E-state index is 0.0277. The summed E-state index contributed by atoms with van der Waals surface area (Å²) in [5.41, 5.74) is 8.51. The fraction of sp³-hybridized carbons (Fsp3) is 0.562. The molecule has 3 nitrogen and oxygen atoms in total. The Kier molecular flexibility index (Phi) is 4.59. The van der Waals surface area contributed by atoms with Crippen LogP contribution >= 0.6 is 0 Å². The second kappa shape index (κ2) is 6.20. The maximum atomic E-state index is 12.3. The van der Waals surface area contributed by atoms with E-state index < -0.39 is 0 Å². The first-order chi connectivity index (χ1) is 9.11. The second-order valence-electron chi connectivity index (χ2n) is 5.57. The number of hydrogen-bond acceptors (Lipinski definition) is 2. The standard InChI is InChI=1S/C16H24N2O/c1-3-12-7-9-13(10-8-12)11-18(2)16(19)14-5-4-6-15(14)17/h7-10,14-15H,3-6,11,17H2,1-2H3. The molecule has 2 rings (SSSR count). The van der Waals surface area contributed by atoms with E-state index in [0.717, 1.165) is 25.7 Å². The third-order valence-corrected chi connectivity index (χ3v) is 4.11. The molecule has 0 radical (unpaired) electrons. The van der Waals surface area contributed by atoms with Crippen LogP contribution in [0.15, 0.2) is 24.3 Å². The molecule has 19 heavy (non-hydrogen) atoms. The summed E-state index contributed by atoms with van der Waals surface area (Å²) >= 11 is 0. The van der Waals surface area contributed by atoms with Gasteiger partial charge in [-0.15, -0.1) is 0 Å². The molecule has 2 N–H and O–H groups in total. The van der Waals surface area contributed by atoms with Crippen LogP contribution in [0.5, 0.6) is 0 Å². The van der Waals surface area contributed by atoms with Crippen LogP contribution in [-0.2, 0) is 17.8 Å². The van der Waals surface area contributed by atoms with E-state index in [1.165, 1.54) is 11.1 Å². The fourth-order valence-corrected chi connectivity index (χ4v) is 2.81. The molecule has 1 fully saturated rings. The van der Waals surface area contributed by atoms with Crippen molar-refractivity contribution in [3.8, 4) is 0 Å². The van der Waals surface area contributed by atoms with Crippen LogP contribution in [0.1, 0.15) is 37.3 Å². The Bertz CT molecular complexity index is 427. The van der Waals surface area contributed by atoms with E-state index in [9.17, 15) is 4.79 Å². The second-order valence-corrected chi connectivity index (χ2v) is 5.57. The summed E-state index contributed by atoms with van der Waals surface area (Å²) in [5, 5.41) is 0. The molecular weight excluding hydrogens is 236 g/mol. The monoisotopic (exact) mass is 260 g/mol. The molecule has 104 valence electrons. The first kappa shape index (κ1) is 14.1. The summed E-state index contributed by atoms with van der Waals surface area (Å²) in [6, 6.07) is 8.54. The summed E-state index contributed by atoms with van der Waals surface area (Å²) in [7, 11) is 1.88. The van der Waals surface area contributed by atoms with E-state index in [1.807, 2.05) is 11.9 Å². The maximum Gasteiger partial charge on any atom is 0.227 e. The lowest BCUT2D eigenvalue weighted by Gasteiger charge is -2.23. The molecular formula is C16H24N2O. The molecule has 0 saturated heterocycles. The first-order valence-corrected chi connectivity index (χ1v) is 7.20. The lowest BCUT2D eigenvalue weighted by Crippen LogP contribution is -2.39. The lowest BCUT2D eigenvalue weighted by atomic mass is 10.0. The van der Waals surface area contributed by atoms with Crippen molar-refractivity contribution in [3.63, 3.8) is 0 Å². The smallest absolute Gasteiger partial charge is 0.227 e. The Morgan fingerprint density at radius 1 is 1.26 bits per heavy atom. The van der Waals surface area contributed by atoms with Gasteiger partial charge in [0.25, 0.3) is 0 Å². The largest absolute Gasteiger partial charge is 0.341 e. The summed E-state index contributed by atoms with van der Waals surface area (Å²) in [4.78, 5) is 14.1. The van der Waals surface area contributed by atoms with Gasteiger partial charge in [0, 0.05) is 19.6 Å². The predicted octanol–water partition coefficient (Wildman–Crippen LogP) is 2.33. The highest BCUT2D eigenvalue weighted by Crippen LogP contribution is 2.26. The highest BCUT2D eigenvalue weighted by Gasteiger charge is 2.32.